The van der Waals surface area contributed by atoms with Gasteiger partial charge in [0.2, 0.25) is 0 Å². The van der Waals surface area contributed by atoms with E-state index in [0.717, 1.165) is 0 Å². The highest BCUT2D eigenvalue weighted by atomic mass is 127. The van der Waals surface area contributed by atoms with Gasteiger partial charge in [-0.3, -0.25) is 0 Å². The SMILES string of the molecule is Fc1cccc(F)c1NI. The maximum Gasteiger partial charge on any atom is 0.150 e. The zero-order valence-corrected chi connectivity index (χ0v) is 7.02. The summed E-state index contributed by atoms with van der Waals surface area (Å²) < 4.78 is 27.5. The Hall–Kier alpha value is -0.390. The van der Waals surface area contributed by atoms with Crippen LogP contribution in [0.25, 0.3) is 0 Å². The van der Waals surface area contributed by atoms with E-state index in [2.05, 4.69) is 3.53 Å². The van der Waals surface area contributed by atoms with Crippen molar-refractivity contribution in [2.45, 2.75) is 0 Å². The summed E-state index contributed by atoms with van der Waals surface area (Å²) in [6, 6.07) is 3.72. The van der Waals surface area contributed by atoms with Crippen LogP contribution >= 0.6 is 22.9 Å². The molecule has 0 atom stereocenters. The summed E-state index contributed by atoms with van der Waals surface area (Å²) in [6.07, 6.45) is 0. The molecule has 0 spiro atoms. The van der Waals surface area contributed by atoms with E-state index in [1.807, 2.05) is 0 Å². The minimum atomic E-state index is -0.575. The van der Waals surface area contributed by atoms with Gasteiger partial charge in [0, 0.05) is 0 Å². The lowest BCUT2D eigenvalue weighted by atomic mass is 10.3. The number of benzene rings is 1. The van der Waals surface area contributed by atoms with E-state index >= 15 is 0 Å². The third kappa shape index (κ3) is 1.36. The fourth-order valence-corrected chi connectivity index (χ4v) is 1.10. The average Bonchev–Trinajstić information content (AvgIpc) is 1.88. The van der Waals surface area contributed by atoms with Gasteiger partial charge in [-0.25, -0.2) is 8.78 Å². The Kier molecular flexibility index (Phi) is 2.42. The fraction of sp³-hybridized carbons (Fsp3) is 0. The van der Waals surface area contributed by atoms with Gasteiger partial charge in [-0.1, -0.05) is 6.07 Å². The van der Waals surface area contributed by atoms with Crippen LogP contribution in [0.3, 0.4) is 0 Å². The van der Waals surface area contributed by atoms with Gasteiger partial charge in [0.15, 0.2) is 0 Å². The van der Waals surface area contributed by atoms with Crippen LogP contribution in [0, 0.1) is 11.6 Å². The number of nitrogens with one attached hydrogen (secondary N) is 1. The van der Waals surface area contributed by atoms with Crippen molar-refractivity contribution >= 4 is 28.6 Å². The Morgan fingerprint density at radius 1 is 1.20 bits per heavy atom. The zero-order valence-electron chi connectivity index (χ0n) is 4.87. The lowest BCUT2D eigenvalue weighted by Crippen LogP contribution is -1.89. The third-order valence-electron chi connectivity index (χ3n) is 1.06. The molecule has 1 aromatic carbocycles. The quantitative estimate of drug-likeness (QED) is 0.601. The lowest BCUT2D eigenvalue weighted by Gasteiger charge is -1.99. The van der Waals surface area contributed by atoms with E-state index < -0.39 is 11.6 Å². The van der Waals surface area contributed by atoms with Crippen molar-refractivity contribution in [2.24, 2.45) is 0 Å². The topological polar surface area (TPSA) is 12.0 Å². The van der Waals surface area contributed by atoms with Crippen LogP contribution in [-0.2, 0) is 0 Å². The summed E-state index contributed by atoms with van der Waals surface area (Å²) in [5.74, 6) is -1.15. The summed E-state index contributed by atoms with van der Waals surface area (Å²) in [5, 5.41) is 0. The summed E-state index contributed by atoms with van der Waals surface area (Å²) in [6.45, 7) is 0. The van der Waals surface area contributed by atoms with Gasteiger partial charge in [-0.2, -0.15) is 0 Å². The second kappa shape index (κ2) is 3.14. The predicted octanol–water partition coefficient (Wildman–Crippen LogP) is 2.73. The molecule has 4 heteroatoms. The molecule has 0 unspecified atom stereocenters. The van der Waals surface area contributed by atoms with Gasteiger partial charge in [0.25, 0.3) is 0 Å². The van der Waals surface area contributed by atoms with Gasteiger partial charge < -0.3 is 3.53 Å². The molecule has 1 rings (SSSR count). The molecule has 0 fully saturated rings. The maximum absolute atomic E-state index is 12.5. The van der Waals surface area contributed by atoms with E-state index in [1.54, 1.807) is 22.9 Å². The Morgan fingerprint density at radius 2 is 1.70 bits per heavy atom. The third-order valence-corrected chi connectivity index (χ3v) is 1.60. The molecule has 1 nitrogen and oxygen atoms in total. The fourth-order valence-electron chi connectivity index (χ4n) is 0.588. The van der Waals surface area contributed by atoms with E-state index in [0.29, 0.717) is 0 Å². The minimum absolute atomic E-state index is 0.0944. The van der Waals surface area contributed by atoms with Crippen LogP contribution in [0.4, 0.5) is 14.5 Å². The molecule has 1 aromatic rings. The Bertz CT molecular complexity index is 219. The van der Waals surface area contributed by atoms with Crippen LogP contribution in [0.2, 0.25) is 0 Å². The molecule has 1 N–H and O–H groups in total. The molecule has 0 bridgehead atoms. The molecule has 0 aliphatic rings. The van der Waals surface area contributed by atoms with Crippen molar-refractivity contribution in [3.63, 3.8) is 0 Å². The van der Waals surface area contributed by atoms with Crippen LogP contribution in [-0.4, -0.2) is 0 Å². The first-order chi connectivity index (χ1) is 4.75. The molecule has 0 saturated heterocycles. The van der Waals surface area contributed by atoms with Crippen LogP contribution in [0.1, 0.15) is 0 Å². The van der Waals surface area contributed by atoms with Gasteiger partial charge >= 0.3 is 0 Å². The Morgan fingerprint density at radius 3 is 2.00 bits per heavy atom. The lowest BCUT2D eigenvalue weighted by molar-refractivity contribution is 0.592. The molecule has 54 valence electrons. The second-order valence-electron chi connectivity index (χ2n) is 1.69. The predicted molar refractivity (Wildman–Crippen MR) is 44.0 cm³/mol. The number of rotatable bonds is 1. The van der Waals surface area contributed by atoms with E-state index in [1.165, 1.54) is 18.2 Å². The standard InChI is InChI=1S/C6H4F2IN/c7-4-2-1-3-5(8)6(4)10-9/h1-3,10H. The summed E-state index contributed by atoms with van der Waals surface area (Å²) in [4.78, 5) is 0. The van der Waals surface area contributed by atoms with Crippen molar-refractivity contribution < 1.29 is 8.78 Å². The van der Waals surface area contributed by atoms with Gasteiger partial charge in [0.05, 0.1) is 22.9 Å². The largest absolute Gasteiger partial charge is 0.324 e. The number of para-hydroxylation sites is 1. The first-order valence-electron chi connectivity index (χ1n) is 2.56. The van der Waals surface area contributed by atoms with Crippen LogP contribution < -0.4 is 3.53 Å². The van der Waals surface area contributed by atoms with E-state index in [-0.39, 0.29) is 5.69 Å². The maximum atomic E-state index is 12.5. The van der Waals surface area contributed by atoms with E-state index in [9.17, 15) is 8.78 Å². The summed E-state index contributed by atoms with van der Waals surface area (Å²) in [7, 11) is 0. The van der Waals surface area contributed by atoms with Gasteiger partial charge in [0.1, 0.15) is 17.3 Å². The van der Waals surface area contributed by atoms with Crippen LogP contribution in [0.15, 0.2) is 18.2 Å². The number of anilines is 1. The molecule has 0 radical (unpaired) electrons. The highest BCUT2D eigenvalue weighted by molar-refractivity contribution is 14.1. The number of halogens is 3. The average molecular weight is 255 g/mol. The van der Waals surface area contributed by atoms with Gasteiger partial charge in [-0.05, 0) is 12.1 Å². The highest BCUT2D eigenvalue weighted by Crippen LogP contribution is 2.18. The summed E-state index contributed by atoms with van der Waals surface area (Å²) >= 11 is 1.67. The molecular formula is C6H4F2IN. The minimum Gasteiger partial charge on any atom is -0.324 e. The van der Waals surface area contributed by atoms with E-state index in [4.69, 9.17) is 0 Å². The van der Waals surface area contributed by atoms with Crippen LogP contribution in [0.5, 0.6) is 0 Å². The normalized spacial score (nSPS) is 9.50. The van der Waals surface area contributed by atoms with Crippen molar-refractivity contribution in [2.75, 3.05) is 3.53 Å². The molecule has 0 aliphatic carbocycles. The van der Waals surface area contributed by atoms with Crippen molar-refractivity contribution in [3.8, 4) is 0 Å². The molecule has 0 amide bonds. The molecule has 10 heavy (non-hydrogen) atoms. The molecule has 0 saturated carbocycles. The Labute approximate surface area is 70.9 Å². The first kappa shape index (κ1) is 7.71. The molecule has 0 heterocycles. The zero-order chi connectivity index (χ0) is 7.56. The number of hydrogen-bond donors (Lipinski definition) is 1. The van der Waals surface area contributed by atoms with Crippen molar-refractivity contribution in [3.05, 3.63) is 29.8 Å². The van der Waals surface area contributed by atoms with Gasteiger partial charge in [-0.15, -0.1) is 0 Å². The number of hydrogen-bond acceptors (Lipinski definition) is 1. The summed E-state index contributed by atoms with van der Waals surface area (Å²) in [5.41, 5.74) is -0.0944. The monoisotopic (exact) mass is 255 g/mol. The molecule has 0 aromatic heterocycles. The molecular weight excluding hydrogens is 251 g/mol. The van der Waals surface area contributed by atoms with Crippen molar-refractivity contribution in [1.82, 2.24) is 0 Å². The second-order valence-corrected chi connectivity index (χ2v) is 2.23. The first-order valence-corrected chi connectivity index (χ1v) is 3.64. The smallest absolute Gasteiger partial charge is 0.150 e. The van der Waals surface area contributed by atoms with Crippen molar-refractivity contribution in [1.29, 1.82) is 0 Å². The highest BCUT2D eigenvalue weighted by Gasteiger charge is 2.04. The molecule has 0 aliphatic heterocycles. The Balaban J connectivity index is 3.17.